The zero-order valence-electron chi connectivity index (χ0n) is 28.4. The summed E-state index contributed by atoms with van der Waals surface area (Å²) < 4.78 is 10.8. The highest BCUT2D eigenvalue weighted by Gasteiger charge is 2.56. The Morgan fingerprint density at radius 3 is 2.39 bits per heavy atom. The van der Waals surface area contributed by atoms with Gasteiger partial charge in [0, 0.05) is 39.2 Å². The van der Waals surface area contributed by atoms with Crippen LogP contribution in [0.25, 0.3) is 22.9 Å². The van der Waals surface area contributed by atoms with Gasteiger partial charge in [0.15, 0.2) is 11.6 Å². The Kier molecular flexibility index (Phi) is 7.82. The van der Waals surface area contributed by atoms with E-state index in [1.54, 1.807) is 33.3 Å². The van der Waals surface area contributed by atoms with Crippen molar-refractivity contribution in [3.63, 3.8) is 0 Å². The lowest BCUT2D eigenvalue weighted by Crippen LogP contribution is -2.39. The van der Waals surface area contributed by atoms with E-state index in [0.29, 0.717) is 51.3 Å². The Morgan fingerprint density at radius 1 is 0.843 bits per heavy atom. The predicted octanol–water partition coefficient (Wildman–Crippen LogP) is 7.37. The molecule has 3 aliphatic carbocycles. The van der Waals surface area contributed by atoms with E-state index in [-0.39, 0.29) is 35.6 Å². The molecular formula is C43H35NO7. The number of methoxy groups -OCH3 is 2. The van der Waals surface area contributed by atoms with Gasteiger partial charge in [0.2, 0.25) is 11.8 Å². The number of imide groups is 1. The van der Waals surface area contributed by atoms with Gasteiger partial charge in [-0.25, -0.2) is 0 Å². The van der Waals surface area contributed by atoms with E-state index < -0.39 is 23.7 Å². The largest absolute Gasteiger partial charge is 0.507 e. The number of carbonyl (C=O) groups is 4. The second kappa shape index (κ2) is 12.4. The van der Waals surface area contributed by atoms with Gasteiger partial charge in [-0.05, 0) is 73.0 Å². The number of rotatable bonds is 6. The Balaban J connectivity index is 1.14. The van der Waals surface area contributed by atoms with E-state index in [1.807, 2.05) is 85.0 Å². The summed E-state index contributed by atoms with van der Waals surface area (Å²) >= 11 is 0. The number of ether oxygens (including phenoxy) is 2. The number of amides is 2. The number of phenols is 1. The topological polar surface area (TPSA) is 110 Å². The van der Waals surface area contributed by atoms with Crippen LogP contribution in [0.15, 0.2) is 113 Å². The highest BCUT2D eigenvalue weighted by Crippen LogP contribution is 2.57. The third kappa shape index (κ3) is 5.12. The van der Waals surface area contributed by atoms with Gasteiger partial charge in [-0.15, -0.1) is 0 Å². The molecule has 8 rings (SSSR count). The van der Waals surface area contributed by atoms with Crippen molar-refractivity contribution in [2.75, 3.05) is 19.1 Å². The molecule has 0 spiro atoms. The molecule has 1 heterocycles. The molecule has 0 aromatic heterocycles. The number of nitrogens with zero attached hydrogens (tertiary/aromatic N) is 1. The monoisotopic (exact) mass is 677 g/mol. The van der Waals surface area contributed by atoms with E-state index in [0.717, 1.165) is 22.1 Å². The first kappa shape index (κ1) is 32.2. The van der Waals surface area contributed by atoms with Crippen molar-refractivity contribution in [2.24, 2.45) is 17.8 Å². The lowest BCUT2D eigenvalue weighted by molar-refractivity contribution is -0.123. The van der Waals surface area contributed by atoms with Gasteiger partial charge >= 0.3 is 0 Å². The number of hydrogen-bond donors (Lipinski definition) is 1. The normalized spacial score (nSPS) is 22.9. The minimum Gasteiger partial charge on any atom is -0.507 e. The summed E-state index contributed by atoms with van der Waals surface area (Å²) in [6, 6.07) is 23.9. The Hall–Kier alpha value is -6.02. The Morgan fingerprint density at radius 2 is 1.63 bits per heavy atom. The molecule has 4 atom stereocenters. The molecule has 2 amide bonds. The van der Waals surface area contributed by atoms with Crippen molar-refractivity contribution < 1.29 is 33.8 Å². The molecule has 0 unspecified atom stereocenters. The average molecular weight is 678 g/mol. The molecule has 1 fully saturated rings. The molecule has 4 aromatic rings. The first-order chi connectivity index (χ1) is 24.7. The molecule has 4 aliphatic rings. The molecule has 1 aliphatic heterocycles. The van der Waals surface area contributed by atoms with Gasteiger partial charge in [-0.3, -0.25) is 24.1 Å². The highest BCUT2D eigenvalue weighted by molar-refractivity contribution is 6.25. The van der Waals surface area contributed by atoms with Crippen molar-refractivity contribution in [2.45, 2.75) is 25.7 Å². The van der Waals surface area contributed by atoms with E-state index in [2.05, 4.69) is 0 Å². The summed E-state index contributed by atoms with van der Waals surface area (Å²) in [5.41, 5.74) is 4.53. The third-order valence-corrected chi connectivity index (χ3v) is 10.9. The third-order valence-electron chi connectivity index (χ3n) is 10.9. The average Bonchev–Trinajstić information content (AvgIpc) is 3.41. The van der Waals surface area contributed by atoms with Crippen LogP contribution in [0, 0.1) is 17.8 Å². The number of carbonyl (C=O) groups excluding carboxylic acids is 4. The van der Waals surface area contributed by atoms with Gasteiger partial charge < -0.3 is 14.6 Å². The first-order valence-corrected chi connectivity index (χ1v) is 17.0. The van der Waals surface area contributed by atoms with Crippen molar-refractivity contribution >= 4 is 52.0 Å². The van der Waals surface area contributed by atoms with Gasteiger partial charge in [0.1, 0.15) is 17.2 Å². The van der Waals surface area contributed by atoms with E-state index >= 15 is 0 Å². The summed E-state index contributed by atoms with van der Waals surface area (Å²) in [5.74, 6) is -2.22. The zero-order valence-corrected chi connectivity index (χ0v) is 28.4. The van der Waals surface area contributed by atoms with Crippen molar-refractivity contribution in [1.29, 1.82) is 0 Å². The minimum atomic E-state index is -0.726. The number of hydrogen-bond acceptors (Lipinski definition) is 7. The number of fused-ring (bicyclic) bond motifs is 4. The number of Topliss-reactive ketones (excluding diaryl/α,β-unsaturated/α-hetero) is 1. The molecule has 8 heteroatoms. The van der Waals surface area contributed by atoms with Gasteiger partial charge in [-0.1, -0.05) is 72.3 Å². The molecule has 51 heavy (non-hydrogen) atoms. The van der Waals surface area contributed by atoms with Crippen LogP contribution in [0.1, 0.15) is 42.4 Å². The fraction of sp³-hybridized carbons (Fsp3) is 0.209. The lowest BCUT2D eigenvalue weighted by Gasteiger charge is -2.42. The predicted molar refractivity (Wildman–Crippen MR) is 194 cm³/mol. The lowest BCUT2D eigenvalue weighted by atomic mass is 9.59. The molecule has 1 saturated heterocycles. The highest BCUT2D eigenvalue weighted by atomic mass is 16.5. The number of allylic oxidation sites excluding steroid dienone is 6. The van der Waals surface area contributed by atoms with Crippen molar-refractivity contribution in [3.8, 4) is 17.2 Å². The molecule has 8 nitrogen and oxygen atoms in total. The molecule has 1 N–H and O–H groups in total. The molecule has 254 valence electrons. The van der Waals surface area contributed by atoms with E-state index in [1.165, 1.54) is 11.0 Å². The quantitative estimate of drug-likeness (QED) is 0.0983. The van der Waals surface area contributed by atoms with Crippen molar-refractivity contribution in [1.82, 2.24) is 0 Å². The van der Waals surface area contributed by atoms with Gasteiger partial charge in [0.05, 0.1) is 31.7 Å². The van der Waals surface area contributed by atoms with Crippen LogP contribution >= 0.6 is 0 Å². The van der Waals surface area contributed by atoms with Gasteiger partial charge in [-0.2, -0.15) is 0 Å². The molecule has 0 saturated carbocycles. The fourth-order valence-corrected chi connectivity index (χ4v) is 8.37. The fourth-order valence-electron chi connectivity index (χ4n) is 8.37. The van der Waals surface area contributed by atoms with Crippen LogP contribution < -0.4 is 14.4 Å². The number of benzene rings is 4. The summed E-state index contributed by atoms with van der Waals surface area (Å²) in [5, 5.41) is 13.1. The maximum atomic E-state index is 14.4. The second-order valence-electron chi connectivity index (χ2n) is 13.5. The molecule has 0 radical (unpaired) electrons. The Bertz CT molecular complexity index is 2310. The smallest absolute Gasteiger partial charge is 0.238 e. The summed E-state index contributed by atoms with van der Waals surface area (Å²) in [6.07, 6.45) is 7.64. The number of phenolic OH excluding ortho intramolecular Hbond substituents is 1. The second-order valence-corrected chi connectivity index (χ2v) is 13.5. The maximum absolute atomic E-state index is 14.4. The van der Waals surface area contributed by atoms with Crippen LogP contribution in [-0.2, 0) is 19.2 Å². The summed E-state index contributed by atoms with van der Waals surface area (Å²) in [6.45, 7) is 1.63. The SMILES string of the molecule is COc1ccc(OC)c(C=Cc2ccc(N3C(=O)[C@H]4[C@H](CC=C5[C@H](c6ccc7ccccc7c6O)C6=C(C[C@H]54)C(=O)C=C(C)C6=O)C3=O)cc2)c1. The first-order valence-electron chi connectivity index (χ1n) is 17.0. The standard InChI is InChI=1S/C43H35NO7/c1-23-20-35(45)34-22-33-30(37(39(34)40(23)46)31-16-12-25-6-4-5-7-29(25)41(31)47)17-18-32-38(33)43(49)44(42(32)48)27-13-9-24(10-14-27)8-11-26-21-28(50-2)15-19-36(26)51-3/h4-17,19-21,32-33,37-38,47H,18,22H2,1-3H3/t32-,33+,37+,38-/m0/s1. The van der Waals surface area contributed by atoms with E-state index in [4.69, 9.17) is 9.47 Å². The van der Waals surface area contributed by atoms with E-state index in [9.17, 15) is 24.3 Å². The maximum Gasteiger partial charge on any atom is 0.238 e. The van der Waals surface area contributed by atoms with Crippen LogP contribution in [0.2, 0.25) is 0 Å². The molecular weight excluding hydrogens is 642 g/mol. The number of aromatic hydroxyl groups is 1. The summed E-state index contributed by atoms with van der Waals surface area (Å²) in [7, 11) is 3.21. The summed E-state index contributed by atoms with van der Waals surface area (Å²) in [4.78, 5) is 57.0. The molecule has 0 bridgehead atoms. The van der Waals surface area contributed by atoms with Gasteiger partial charge in [0.25, 0.3) is 0 Å². The Labute approximate surface area is 295 Å². The van der Waals surface area contributed by atoms with Crippen LogP contribution in [0.4, 0.5) is 5.69 Å². The zero-order chi connectivity index (χ0) is 35.6. The minimum absolute atomic E-state index is 0.0375. The number of ketones is 2. The van der Waals surface area contributed by atoms with Crippen LogP contribution in [0.3, 0.4) is 0 Å². The molecule has 4 aromatic carbocycles. The van der Waals surface area contributed by atoms with Crippen LogP contribution in [-0.4, -0.2) is 42.7 Å². The van der Waals surface area contributed by atoms with Crippen molar-refractivity contribution in [3.05, 3.63) is 130 Å². The number of anilines is 1. The van der Waals surface area contributed by atoms with Crippen LogP contribution in [0.5, 0.6) is 17.2 Å².